The molecule has 3 nitrogen and oxygen atoms in total. The van der Waals surface area contributed by atoms with Crippen LogP contribution in [0, 0.1) is 0 Å². The largest absolute Gasteiger partial charge is 0.494 e. The van der Waals surface area contributed by atoms with E-state index in [0.29, 0.717) is 21.4 Å². The summed E-state index contributed by atoms with van der Waals surface area (Å²) in [7, 11) is 1.48. The molecule has 0 aliphatic heterocycles. The minimum absolute atomic E-state index is 0.113. The number of hydrogen-bond acceptors (Lipinski definition) is 2. The van der Waals surface area contributed by atoms with E-state index in [1.54, 1.807) is 12.1 Å². The van der Waals surface area contributed by atoms with Crippen LogP contribution in [0.25, 0.3) is 0 Å². The average Bonchev–Trinajstić information content (AvgIpc) is 2.47. The summed E-state index contributed by atoms with van der Waals surface area (Å²) in [5.74, 6) is 0.129. The molecule has 2 aromatic carbocycles. The minimum atomic E-state index is -0.238. The summed E-state index contributed by atoms with van der Waals surface area (Å²) in [6, 6.07) is 12.7. The highest BCUT2D eigenvalue weighted by molar-refractivity contribution is 6.37. The zero-order valence-corrected chi connectivity index (χ0v) is 13.2. The second kappa shape index (κ2) is 6.83. The third-order valence-electron chi connectivity index (χ3n) is 3.11. The molecule has 1 amide bonds. The summed E-state index contributed by atoms with van der Waals surface area (Å²) in [5, 5.41) is 3.52. The van der Waals surface area contributed by atoms with Crippen LogP contribution in [0.2, 0.25) is 10.0 Å². The minimum Gasteiger partial charge on any atom is -0.494 e. The van der Waals surface area contributed by atoms with E-state index in [4.69, 9.17) is 27.9 Å². The Hall–Kier alpha value is -1.71. The summed E-state index contributed by atoms with van der Waals surface area (Å²) >= 11 is 12.1. The van der Waals surface area contributed by atoms with Crippen molar-refractivity contribution in [3.8, 4) is 5.75 Å². The number of ether oxygens (including phenoxy) is 1. The van der Waals surface area contributed by atoms with Gasteiger partial charge in [0.1, 0.15) is 0 Å². The number of amides is 1. The smallest absolute Gasteiger partial charge is 0.251 e. The Kier molecular flexibility index (Phi) is 5.10. The molecule has 0 heterocycles. The molecule has 0 bridgehead atoms. The lowest BCUT2D eigenvalue weighted by Gasteiger charge is -2.15. The predicted octanol–water partition coefficient (Wildman–Crippen LogP) is 4.49. The Labute approximate surface area is 133 Å². The third-order valence-corrected chi connectivity index (χ3v) is 3.67. The third kappa shape index (κ3) is 3.69. The summed E-state index contributed by atoms with van der Waals surface area (Å²) in [6.07, 6.45) is 0. The fraction of sp³-hybridized carbons (Fsp3) is 0.188. The molecule has 1 atom stereocenters. The zero-order valence-electron chi connectivity index (χ0n) is 11.7. The van der Waals surface area contributed by atoms with Crippen molar-refractivity contribution in [2.75, 3.05) is 7.11 Å². The predicted molar refractivity (Wildman–Crippen MR) is 85.3 cm³/mol. The molecule has 2 aromatic rings. The van der Waals surface area contributed by atoms with Crippen molar-refractivity contribution >= 4 is 29.1 Å². The van der Waals surface area contributed by atoms with Crippen LogP contribution < -0.4 is 10.1 Å². The first-order chi connectivity index (χ1) is 10.0. The Balaban J connectivity index is 2.18. The van der Waals surface area contributed by atoms with E-state index in [9.17, 15) is 4.79 Å². The van der Waals surface area contributed by atoms with E-state index < -0.39 is 0 Å². The first-order valence-corrected chi connectivity index (χ1v) is 7.17. The first kappa shape index (κ1) is 15.7. The molecule has 0 saturated heterocycles. The van der Waals surface area contributed by atoms with Crippen LogP contribution in [0.15, 0.2) is 42.5 Å². The maximum absolute atomic E-state index is 12.3. The summed E-state index contributed by atoms with van der Waals surface area (Å²) < 4.78 is 5.07. The monoisotopic (exact) mass is 323 g/mol. The maximum atomic E-state index is 12.3. The van der Waals surface area contributed by atoms with Gasteiger partial charge in [-0.25, -0.2) is 0 Å². The molecule has 0 unspecified atom stereocenters. The fourth-order valence-electron chi connectivity index (χ4n) is 1.99. The molecule has 0 spiro atoms. The van der Waals surface area contributed by atoms with Crippen molar-refractivity contribution < 1.29 is 9.53 Å². The molecule has 0 aliphatic rings. The molecule has 0 fully saturated rings. The van der Waals surface area contributed by atoms with Crippen LogP contribution in [-0.2, 0) is 0 Å². The van der Waals surface area contributed by atoms with E-state index in [1.165, 1.54) is 7.11 Å². The van der Waals surface area contributed by atoms with Gasteiger partial charge in [0.15, 0.2) is 5.75 Å². The van der Waals surface area contributed by atoms with Gasteiger partial charge < -0.3 is 10.1 Å². The molecule has 0 radical (unpaired) electrons. The lowest BCUT2D eigenvalue weighted by atomic mass is 10.1. The highest BCUT2D eigenvalue weighted by Crippen LogP contribution is 2.33. The van der Waals surface area contributed by atoms with Crippen molar-refractivity contribution in [1.29, 1.82) is 0 Å². The number of rotatable bonds is 4. The first-order valence-electron chi connectivity index (χ1n) is 6.41. The van der Waals surface area contributed by atoms with Gasteiger partial charge in [-0.2, -0.15) is 0 Å². The quantitative estimate of drug-likeness (QED) is 0.900. The highest BCUT2D eigenvalue weighted by Gasteiger charge is 2.15. The van der Waals surface area contributed by atoms with Crippen LogP contribution in [0.5, 0.6) is 5.75 Å². The molecular weight excluding hydrogens is 309 g/mol. The van der Waals surface area contributed by atoms with E-state index in [1.807, 2.05) is 37.3 Å². The normalized spacial score (nSPS) is 11.8. The van der Waals surface area contributed by atoms with Crippen LogP contribution in [0.3, 0.4) is 0 Å². The van der Waals surface area contributed by atoms with Crippen LogP contribution in [-0.4, -0.2) is 13.0 Å². The van der Waals surface area contributed by atoms with Gasteiger partial charge in [0.05, 0.1) is 23.2 Å². The molecule has 2 rings (SSSR count). The van der Waals surface area contributed by atoms with Gasteiger partial charge in [-0.05, 0) is 24.6 Å². The van der Waals surface area contributed by atoms with Crippen LogP contribution in [0.1, 0.15) is 28.9 Å². The van der Waals surface area contributed by atoms with Gasteiger partial charge in [0.25, 0.3) is 5.91 Å². The Morgan fingerprint density at radius 3 is 2.24 bits per heavy atom. The van der Waals surface area contributed by atoms with Gasteiger partial charge in [-0.1, -0.05) is 53.5 Å². The zero-order chi connectivity index (χ0) is 15.4. The fourth-order valence-corrected chi connectivity index (χ4v) is 2.63. The summed E-state index contributed by atoms with van der Waals surface area (Å²) in [6.45, 7) is 1.92. The summed E-state index contributed by atoms with van der Waals surface area (Å²) in [5.41, 5.74) is 1.42. The number of halogens is 2. The number of hydrogen-bond donors (Lipinski definition) is 1. The molecule has 21 heavy (non-hydrogen) atoms. The topological polar surface area (TPSA) is 38.3 Å². The lowest BCUT2D eigenvalue weighted by Crippen LogP contribution is -2.26. The van der Waals surface area contributed by atoms with Crippen molar-refractivity contribution in [1.82, 2.24) is 5.32 Å². The van der Waals surface area contributed by atoms with Gasteiger partial charge >= 0.3 is 0 Å². The molecule has 0 aliphatic carbocycles. The van der Waals surface area contributed by atoms with Crippen molar-refractivity contribution in [2.45, 2.75) is 13.0 Å². The van der Waals surface area contributed by atoms with E-state index >= 15 is 0 Å². The Bertz CT molecular complexity index is 621. The number of nitrogens with one attached hydrogen (secondary N) is 1. The second-order valence-electron chi connectivity index (χ2n) is 4.58. The standard InChI is InChI=1S/C16H15Cl2NO2/c1-10(11-6-4-3-5-7-11)19-16(20)12-8-13(17)15(21-2)14(18)9-12/h3-10H,1-2H3,(H,19,20)/t10-/m1/s1. The summed E-state index contributed by atoms with van der Waals surface area (Å²) in [4.78, 5) is 12.3. The van der Waals surface area contributed by atoms with Crippen molar-refractivity contribution in [2.24, 2.45) is 0 Å². The average molecular weight is 324 g/mol. The Morgan fingerprint density at radius 1 is 1.14 bits per heavy atom. The molecular formula is C16H15Cl2NO2. The number of methoxy groups -OCH3 is 1. The second-order valence-corrected chi connectivity index (χ2v) is 5.39. The molecule has 110 valence electrons. The SMILES string of the molecule is COc1c(Cl)cc(C(=O)N[C@H](C)c2ccccc2)cc1Cl. The van der Waals surface area contributed by atoms with Crippen LogP contribution >= 0.6 is 23.2 Å². The van der Waals surface area contributed by atoms with Crippen LogP contribution in [0.4, 0.5) is 0 Å². The van der Waals surface area contributed by atoms with E-state index in [-0.39, 0.29) is 11.9 Å². The van der Waals surface area contributed by atoms with Crippen molar-refractivity contribution in [3.63, 3.8) is 0 Å². The van der Waals surface area contributed by atoms with Gasteiger partial charge in [-0.3, -0.25) is 4.79 Å². The number of carbonyl (C=O) groups is 1. The number of carbonyl (C=O) groups excluding carboxylic acids is 1. The highest BCUT2D eigenvalue weighted by atomic mass is 35.5. The molecule has 0 saturated carbocycles. The molecule has 5 heteroatoms. The van der Waals surface area contributed by atoms with E-state index in [0.717, 1.165) is 5.56 Å². The van der Waals surface area contributed by atoms with E-state index in [2.05, 4.69) is 5.32 Å². The van der Waals surface area contributed by atoms with Gasteiger partial charge in [-0.15, -0.1) is 0 Å². The molecule has 0 aromatic heterocycles. The van der Waals surface area contributed by atoms with Gasteiger partial charge in [0, 0.05) is 5.56 Å². The molecule has 1 N–H and O–H groups in total. The maximum Gasteiger partial charge on any atom is 0.251 e. The van der Waals surface area contributed by atoms with Crippen molar-refractivity contribution in [3.05, 3.63) is 63.6 Å². The number of benzene rings is 2. The lowest BCUT2D eigenvalue weighted by molar-refractivity contribution is 0.0940. The van der Waals surface area contributed by atoms with Gasteiger partial charge in [0.2, 0.25) is 0 Å². The Morgan fingerprint density at radius 2 is 1.71 bits per heavy atom.